The Morgan fingerprint density at radius 3 is 2.27 bits per heavy atom. The van der Waals surface area contributed by atoms with Gasteiger partial charge in [0.25, 0.3) is 0 Å². The highest BCUT2D eigenvalue weighted by atomic mass is 15.3. The van der Waals surface area contributed by atoms with Gasteiger partial charge in [0, 0.05) is 18.4 Å². The number of pyridine rings is 1. The van der Waals surface area contributed by atoms with Crippen molar-refractivity contribution in [3.63, 3.8) is 0 Å². The highest BCUT2D eigenvalue weighted by Crippen LogP contribution is 2.16. The summed E-state index contributed by atoms with van der Waals surface area (Å²) >= 11 is 0. The Labute approximate surface area is 128 Å². The summed E-state index contributed by atoms with van der Waals surface area (Å²) in [6.45, 7) is 4.09. The molecular formula is C15H19N7. The fourth-order valence-corrected chi connectivity index (χ4v) is 1.85. The molecule has 0 saturated heterocycles. The number of benzene rings is 1. The van der Waals surface area contributed by atoms with Crippen molar-refractivity contribution in [2.45, 2.75) is 13.8 Å². The molecule has 0 radical (unpaired) electrons. The predicted molar refractivity (Wildman–Crippen MR) is 86.9 cm³/mol. The first-order chi connectivity index (χ1) is 10.5. The third-order valence-corrected chi connectivity index (χ3v) is 3.23. The summed E-state index contributed by atoms with van der Waals surface area (Å²) in [5, 5.41) is 19.5. The summed E-state index contributed by atoms with van der Waals surface area (Å²) in [5.41, 5.74) is 11.9. The summed E-state index contributed by atoms with van der Waals surface area (Å²) < 4.78 is 2.11. The topological polar surface area (TPSA) is 104 Å². The van der Waals surface area contributed by atoms with Crippen molar-refractivity contribution in [1.29, 1.82) is 5.41 Å². The summed E-state index contributed by atoms with van der Waals surface area (Å²) in [6.07, 6.45) is 0. The van der Waals surface area contributed by atoms with E-state index in [-0.39, 0.29) is 5.96 Å². The summed E-state index contributed by atoms with van der Waals surface area (Å²) in [6, 6.07) is 11.2. The van der Waals surface area contributed by atoms with Gasteiger partial charge in [0.15, 0.2) is 0 Å². The average molecular weight is 297 g/mol. The first-order valence-corrected chi connectivity index (χ1v) is 6.75. The van der Waals surface area contributed by atoms with Crippen LogP contribution in [0.3, 0.4) is 0 Å². The molecule has 2 rings (SSSR count). The SMILES string of the molecule is Cc1cc(=NNc2ccc(N=NC(=N)N)cc2)cc(C)n1C. The zero-order valence-electron chi connectivity index (χ0n) is 12.8. The lowest BCUT2D eigenvalue weighted by molar-refractivity contribution is 0.809. The number of nitrogens with one attached hydrogen (secondary N) is 2. The fourth-order valence-electron chi connectivity index (χ4n) is 1.85. The summed E-state index contributed by atoms with van der Waals surface area (Å²) in [7, 11) is 2.02. The normalized spacial score (nSPS) is 10.7. The molecule has 0 aliphatic heterocycles. The maximum Gasteiger partial charge on any atom is 0.232 e. The molecule has 0 aliphatic rings. The molecule has 4 N–H and O–H groups in total. The van der Waals surface area contributed by atoms with Gasteiger partial charge in [-0.15, -0.1) is 10.2 Å². The van der Waals surface area contributed by atoms with Crippen LogP contribution in [0.25, 0.3) is 0 Å². The standard InChI is InChI=1S/C15H19N7/c1-10-8-14(9-11(2)22(10)3)20-18-12-4-6-13(7-5-12)19-21-15(16)17/h4-9,18H,1-3H3,(H3,16,17). The van der Waals surface area contributed by atoms with Gasteiger partial charge in [-0.2, -0.15) is 5.10 Å². The zero-order chi connectivity index (χ0) is 16.1. The predicted octanol–water partition coefficient (Wildman–Crippen LogP) is 2.55. The number of hydrogen-bond donors (Lipinski definition) is 3. The van der Waals surface area contributed by atoms with E-state index in [9.17, 15) is 0 Å². The number of guanidine groups is 1. The number of hydrogen-bond acceptors (Lipinski definition) is 4. The third kappa shape index (κ3) is 4.02. The van der Waals surface area contributed by atoms with E-state index in [4.69, 9.17) is 11.1 Å². The van der Waals surface area contributed by atoms with Gasteiger partial charge in [-0.05, 0) is 50.2 Å². The largest absolute Gasteiger partial charge is 0.367 e. The van der Waals surface area contributed by atoms with Gasteiger partial charge in [0.05, 0.1) is 16.7 Å². The molecule has 0 spiro atoms. The van der Waals surface area contributed by atoms with Crippen molar-refractivity contribution in [1.82, 2.24) is 4.57 Å². The Morgan fingerprint density at radius 1 is 1.14 bits per heavy atom. The maximum atomic E-state index is 6.98. The van der Waals surface area contributed by atoms with Crippen LogP contribution in [0.5, 0.6) is 0 Å². The van der Waals surface area contributed by atoms with Crippen LogP contribution in [0.4, 0.5) is 11.4 Å². The number of aromatic nitrogens is 1. The number of rotatable bonds is 3. The molecule has 0 saturated carbocycles. The molecule has 0 unspecified atom stereocenters. The Balaban J connectivity index is 2.15. The molecule has 114 valence electrons. The Hall–Kier alpha value is -2.96. The fraction of sp³-hybridized carbons (Fsp3) is 0.200. The Morgan fingerprint density at radius 2 is 1.73 bits per heavy atom. The van der Waals surface area contributed by atoms with E-state index in [0.717, 1.165) is 22.4 Å². The third-order valence-electron chi connectivity index (χ3n) is 3.23. The molecule has 0 fully saturated rings. The highest BCUT2D eigenvalue weighted by molar-refractivity contribution is 5.74. The first-order valence-electron chi connectivity index (χ1n) is 6.75. The zero-order valence-corrected chi connectivity index (χ0v) is 12.8. The molecule has 7 heteroatoms. The molecule has 0 atom stereocenters. The van der Waals surface area contributed by atoms with Crippen LogP contribution in [-0.2, 0) is 7.05 Å². The van der Waals surface area contributed by atoms with Gasteiger partial charge < -0.3 is 10.3 Å². The van der Waals surface area contributed by atoms with E-state index >= 15 is 0 Å². The van der Waals surface area contributed by atoms with Gasteiger partial charge in [-0.1, -0.05) is 0 Å². The van der Waals surface area contributed by atoms with Crippen molar-refractivity contribution in [3.05, 3.63) is 53.1 Å². The van der Waals surface area contributed by atoms with Gasteiger partial charge in [-0.3, -0.25) is 10.8 Å². The molecule has 2 aromatic rings. The second-order valence-electron chi connectivity index (χ2n) is 4.91. The number of nitrogens with two attached hydrogens (primary N) is 1. The monoisotopic (exact) mass is 297 g/mol. The maximum absolute atomic E-state index is 6.98. The van der Waals surface area contributed by atoms with Crippen LogP contribution in [-0.4, -0.2) is 10.5 Å². The van der Waals surface area contributed by atoms with Crippen LogP contribution in [0.2, 0.25) is 0 Å². The molecule has 0 amide bonds. The van der Waals surface area contributed by atoms with Crippen LogP contribution in [0.1, 0.15) is 11.4 Å². The lowest BCUT2D eigenvalue weighted by Gasteiger charge is -2.08. The first kappa shape index (κ1) is 15.4. The molecule has 1 aromatic carbocycles. The van der Waals surface area contributed by atoms with Crippen molar-refractivity contribution < 1.29 is 0 Å². The van der Waals surface area contributed by atoms with Crippen LogP contribution in [0, 0.1) is 19.3 Å². The van der Waals surface area contributed by atoms with Crippen molar-refractivity contribution >= 4 is 17.3 Å². The highest BCUT2D eigenvalue weighted by Gasteiger charge is 1.96. The molecule has 22 heavy (non-hydrogen) atoms. The minimum absolute atomic E-state index is 0.319. The second kappa shape index (κ2) is 6.66. The van der Waals surface area contributed by atoms with Gasteiger partial charge in [-0.25, -0.2) is 0 Å². The number of nitrogens with zero attached hydrogens (tertiary/aromatic N) is 4. The van der Waals surface area contributed by atoms with E-state index in [1.165, 1.54) is 0 Å². The molecule has 0 bridgehead atoms. The number of azo groups is 1. The molecule has 1 heterocycles. The van der Waals surface area contributed by atoms with Crippen molar-refractivity contribution in [2.24, 2.45) is 28.1 Å². The summed E-state index contributed by atoms with van der Waals surface area (Å²) in [4.78, 5) is 0. The lowest BCUT2D eigenvalue weighted by atomic mass is 10.3. The summed E-state index contributed by atoms with van der Waals surface area (Å²) in [5.74, 6) is -0.319. The van der Waals surface area contributed by atoms with E-state index in [1.807, 2.05) is 45.2 Å². The van der Waals surface area contributed by atoms with E-state index in [2.05, 4.69) is 25.3 Å². The molecule has 7 nitrogen and oxygen atoms in total. The van der Waals surface area contributed by atoms with Crippen molar-refractivity contribution in [2.75, 3.05) is 5.43 Å². The molecule has 1 aromatic heterocycles. The van der Waals surface area contributed by atoms with Crippen LogP contribution < -0.4 is 16.5 Å². The average Bonchev–Trinajstić information content (AvgIpc) is 2.49. The van der Waals surface area contributed by atoms with Crippen LogP contribution in [0.15, 0.2) is 51.7 Å². The second-order valence-corrected chi connectivity index (χ2v) is 4.91. The van der Waals surface area contributed by atoms with Crippen molar-refractivity contribution in [3.8, 4) is 0 Å². The van der Waals surface area contributed by atoms with Gasteiger partial charge >= 0.3 is 0 Å². The number of anilines is 1. The molecule has 0 aliphatic carbocycles. The van der Waals surface area contributed by atoms with E-state index < -0.39 is 0 Å². The van der Waals surface area contributed by atoms with Gasteiger partial charge in [0.1, 0.15) is 0 Å². The number of aryl methyl sites for hydroxylation is 2. The van der Waals surface area contributed by atoms with E-state index in [0.29, 0.717) is 5.69 Å². The van der Waals surface area contributed by atoms with Gasteiger partial charge in [0.2, 0.25) is 5.96 Å². The quantitative estimate of drug-likeness (QED) is 0.351. The minimum atomic E-state index is -0.319. The Kier molecular flexibility index (Phi) is 4.67. The van der Waals surface area contributed by atoms with E-state index in [1.54, 1.807) is 12.1 Å². The minimum Gasteiger partial charge on any atom is -0.367 e. The smallest absolute Gasteiger partial charge is 0.232 e. The molecular weight excluding hydrogens is 278 g/mol. The lowest BCUT2D eigenvalue weighted by Crippen LogP contribution is -2.12. The Bertz CT molecular complexity index is 743. The van der Waals surface area contributed by atoms with Crippen LogP contribution >= 0.6 is 0 Å².